The molecule has 0 radical (unpaired) electrons. The molecule has 0 aromatic heterocycles. The van der Waals surface area contributed by atoms with Gasteiger partial charge in [-0.25, -0.2) is 4.83 Å². The molecule has 0 spiro atoms. The number of halogens is 2. The van der Waals surface area contributed by atoms with E-state index >= 15 is 0 Å². The number of rotatable bonds is 8. The molecular formula is C22H20Cl2N2O4S. The maximum absolute atomic E-state index is 12.3. The summed E-state index contributed by atoms with van der Waals surface area (Å²) in [5, 5.41) is 4.77. The summed E-state index contributed by atoms with van der Waals surface area (Å²) < 4.78 is 35.8. The standard InChI is InChI=1S/C22H20Cl2N2O4S/c1-15-3-7-18(8-4-15)31(27,28)26-25-13-16-6-10-21(22(12-16)29-2)30-14-17-5-9-19(23)20(24)11-17/h3-13,26H,14H2,1-2H3/b25-13+. The number of hydrogen-bond acceptors (Lipinski definition) is 5. The summed E-state index contributed by atoms with van der Waals surface area (Å²) in [6.07, 6.45) is 1.39. The minimum Gasteiger partial charge on any atom is -0.493 e. The lowest BCUT2D eigenvalue weighted by Gasteiger charge is -2.12. The first kappa shape index (κ1) is 22.9. The molecule has 3 aromatic rings. The van der Waals surface area contributed by atoms with Crippen molar-refractivity contribution in [3.8, 4) is 11.5 Å². The van der Waals surface area contributed by atoms with Crippen LogP contribution in [0.3, 0.4) is 0 Å². The van der Waals surface area contributed by atoms with E-state index in [-0.39, 0.29) is 11.5 Å². The maximum Gasteiger partial charge on any atom is 0.276 e. The number of methoxy groups -OCH3 is 1. The van der Waals surface area contributed by atoms with Crippen LogP contribution in [-0.4, -0.2) is 21.7 Å². The first-order chi connectivity index (χ1) is 14.8. The lowest BCUT2D eigenvalue weighted by molar-refractivity contribution is 0.284. The Bertz CT molecular complexity index is 1200. The summed E-state index contributed by atoms with van der Waals surface area (Å²) in [4.78, 5) is 2.34. The van der Waals surface area contributed by atoms with E-state index in [2.05, 4.69) is 9.93 Å². The number of sulfonamides is 1. The molecule has 0 saturated carbocycles. The summed E-state index contributed by atoms with van der Waals surface area (Å²) in [6.45, 7) is 2.16. The third kappa shape index (κ3) is 6.13. The summed E-state index contributed by atoms with van der Waals surface area (Å²) in [6, 6.07) is 16.9. The van der Waals surface area contributed by atoms with E-state index in [0.717, 1.165) is 11.1 Å². The lowest BCUT2D eigenvalue weighted by Crippen LogP contribution is -2.18. The Hall–Kier alpha value is -2.74. The Labute approximate surface area is 191 Å². The number of nitrogens with one attached hydrogen (secondary N) is 1. The van der Waals surface area contributed by atoms with Crippen molar-refractivity contribution in [1.82, 2.24) is 4.83 Å². The van der Waals surface area contributed by atoms with Gasteiger partial charge in [0.15, 0.2) is 11.5 Å². The Balaban J connectivity index is 1.67. The largest absolute Gasteiger partial charge is 0.493 e. The van der Waals surface area contributed by atoms with Crippen LogP contribution in [-0.2, 0) is 16.6 Å². The van der Waals surface area contributed by atoms with Crippen molar-refractivity contribution >= 4 is 39.4 Å². The fourth-order valence-corrected chi connectivity index (χ4v) is 3.73. The third-order valence-corrected chi connectivity index (χ3v) is 6.26. The van der Waals surface area contributed by atoms with Crippen LogP contribution in [0, 0.1) is 6.92 Å². The number of benzene rings is 3. The fourth-order valence-electron chi connectivity index (χ4n) is 2.61. The predicted molar refractivity (Wildman–Crippen MR) is 123 cm³/mol. The van der Waals surface area contributed by atoms with Crippen LogP contribution < -0.4 is 14.3 Å². The second-order valence-corrected chi connectivity index (χ2v) is 9.09. The van der Waals surface area contributed by atoms with Gasteiger partial charge in [-0.15, -0.1) is 0 Å². The predicted octanol–water partition coefficient (Wildman–Crippen LogP) is 5.20. The normalized spacial score (nSPS) is 11.5. The van der Waals surface area contributed by atoms with Gasteiger partial charge in [0.1, 0.15) is 6.61 Å². The number of nitrogens with zero attached hydrogens (tertiary/aromatic N) is 1. The number of hydrogen-bond donors (Lipinski definition) is 1. The highest BCUT2D eigenvalue weighted by molar-refractivity contribution is 7.89. The van der Waals surface area contributed by atoms with Gasteiger partial charge in [-0.2, -0.15) is 13.5 Å². The highest BCUT2D eigenvalue weighted by atomic mass is 35.5. The Morgan fingerprint density at radius 2 is 1.71 bits per heavy atom. The monoisotopic (exact) mass is 478 g/mol. The van der Waals surface area contributed by atoms with Crippen LogP contribution >= 0.6 is 23.2 Å². The zero-order valence-corrected chi connectivity index (χ0v) is 19.1. The topological polar surface area (TPSA) is 77.0 Å². The van der Waals surface area contributed by atoms with Crippen molar-refractivity contribution in [3.63, 3.8) is 0 Å². The molecule has 0 bridgehead atoms. The Morgan fingerprint density at radius 1 is 0.968 bits per heavy atom. The van der Waals surface area contributed by atoms with Gasteiger partial charge in [-0.3, -0.25) is 0 Å². The minimum atomic E-state index is -3.74. The molecule has 0 fully saturated rings. The van der Waals surface area contributed by atoms with E-state index < -0.39 is 10.0 Å². The van der Waals surface area contributed by atoms with Crippen LogP contribution in [0.4, 0.5) is 0 Å². The molecule has 31 heavy (non-hydrogen) atoms. The molecule has 0 heterocycles. The minimum absolute atomic E-state index is 0.138. The van der Waals surface area contributed by atoms with Gasteiger partial charge >= 0.3 is 0 Å². The van der Waals surface area contributed by atoms with E-state index in [4.69, 9.17) is 32.7 Å². The quantitative estimate of drug-likeness (QED) is 0.356. The van der Waals surface area contributed by atoms with E-state index in [0.29, 0.717) is 27.1 Å². The molecule has 0 aliphatic heterocycles. The van der Waals surface area contributed by atoms with Crippen molar-refractivity contribution in [1.29, 1.82) is 0 Å². The second kappa shape index (κ2) is 10.0. The van der Waals surface area contributed by atoms with Gasteiger partial charge in [-0.1, -0.05) is 47.0 Å². The van der Waals surface area contributed by atoms with Crippen molar-refractivity contribution in [3.05, 3.63) is 87.4 Å². The zero-order chi connectivity index (χ0) is 22.4. The highest BCUT2D eigenvalue weighted by Crippen LogP contribution is 2.29. The van der Waals surface area contributed by atoms with Crippen molar-refractivity contribution in [2.75, 3.05) is 7.11 Å². The smallest absolute Gasteiger partial charge is 0.276 e. The third-order valence-electron chi connectivity index (χ3n) is 4.28. The molecule has 1 N–H and O–H groups in total. The van der Waals surface area contributed by atoms with Crippen LogP contribution in [0.25, 0.3) is 0 Å². The van der Waals surface area contributed by atoms with E-state index in [9.17, 15) is 8.42 Å². The lowest BCUT2D eigenvalue weighted by atomic mass is 10.2. The average Bonchev–Trinajstić information content (AvgIpc) is 2.75. The summed E-state index contributed by atoms with van der Waals surface area (Å²) in [5.74, 6) is 0.997. The second-order valence-electron chi connectivity index (χ2n) is 6.61. The Morgan fingerprint density at radius 3 is 2.39 bits per heavy atom. The highest BCUT2D eigenvalue weighted by Gasteiger charge is 2.12. The number of aryl methyl sites for hydroxylation is 1. The van der Waals surface area contributed by atoms with Gasteiger partial charge in [0.25, 0.3) is 10.0 Å². The average molecular weight is 479 g/mol. The first-order valence-corrected chi connectivity index (χ1v) is 11.4. The molecule has 0 aliphatic carbocycles. The van der Waals surface area contributed by atoms with Gasteiger partial charge in [-0.05, 0) is 60.5 Å². The molecule has 0 unspecified atom stereocenters. The van der Waals surface area contributed by atoms with Gasteiger partial charge < -0.3 is 9.47 Å². The molecule has 3 aromatic carbocycles. The SMILES string of the molecule is COc1cc(/C=N/NS(=O)(=O)c2ccc(C)cc2)ccc1OCc1ccc(Cl)c(Cl)c1. The summed E-state index contributed by atoms with van der Waals surface area (Å²) in [7, 11) is -2.22. The molecule has 0 amide bonds. The van der Waals surface area contributed by atoms with Crippen LogP contribution in [0.15, 0.2) is 70.7 Å². The molecule has 162 valence electrons. The van der Waals surface area contributed by atoms with Crippen molar-refractivity contribution in [2.24, 2.45) is 5.10 Å². The van der Waals surface area contributed by atoms with Gasteiger partial charge in [0.2, 0.25) is 0 Å². The first-order valence-electron chi connectivity index (χ1n) is 9.15. The van der Waals surface area contributed by atoms with Crippen LogP contribution in [0.5, 0.6) is 11.5 Å². The molecule has 9 heteroatoms. The molecule has 0 aliphatic rings. The van der Waals surface area contributed by atoms with E-state index in [1.54, 1.807) is 42.5 Å². The zero-order valence-electron chi connectivity index (χ0n) is 16.8. The van der Waals surface area contributed by atoms with Crippen LogP contribution in [0.2, 0.25) is 10.0 Å². The molecular weight excluding hydrogens is 459 g/mol. The van der Waals surface area contributed by atoms with E-state index in [1.165, 1.54) is 25.5 Å². The number of ether oxygens (including phenoxy) is 2. The molecule has 0 atom stereocenters. The van der Waals surface area contributed by atoms with Crippen molar-refractivity contribution in [2.45, 2.75) is 18.4 Å². The van der Waals surface area contributed by atoms with Gasteiger partial charge in [0, 0.05) is 0 Å². The van der Waals surface area contributed by atoms with Crippen molar-refractivity contribution < 1.29 is 17.9 Å². The van der Waals surface area contributed by atoms with Gasteiger partial charge in [0.05, 0.1) is 28.3 Å². The molecule has 6 nitrogen and oxygen atoms in total. The number of hydrazone groups is 1. The van der Waals surface area contributed by atoms with Crippen LogP contribution in [0.1, 0.15) is 16.7 Å². The summed E-state index contributed by atoms with van der Waals surface area (Å²) >= 11 is 12.0. The fraction of sp³-hybridized carbons (Fsp3) is 0.136. The Kier molecular flexibility index (Phi) is 7.43. The maximum atomic E-state index is 12.3. The molecule has 3 rings (SSSR count). The molecule has 0 saturated heterocycles. The van der Waals surface area contributed by atoms with E-state index in [1.807, 2.05) is 13.0 Å². The summed E-state index contributed by atoms with van der Waals surface area (Å²) in [5.41, 5.74) is 2.45.